The molecule has 0 bridgehead atoms. The highest BCUT2D eigenvalue weighted by Crippen LogP contribution is 2.42. The Kier molecular flexibility index (Phi) is 8.42. The standard InChI is InChI=1S/C67H42N2O/c1-2-19-54-50(12-1)36-51-27-26-46(37-58(51)54)42-13-9-14-43(34-42)47-28-31-64-59(38-47)55-20-3-6-23-62(55)68(64)52-17-11-18-53(41-52)69-63-24-7-4-21-56(63)60-39-48(29-32-65(60)69)44-15-10-16-45(35-44)49-30-33-67-61(40-49)57-22-5-8-25-66(57)70-67/h1-35,37-41H,36H2. The molecule has 3 aromatic heterocycles. The lowest BCUT2D eigenvalue weighted by Crippen LogP contribution is -1.98. The molecule has 0 atom stereocenters. The molecule has 3 heterocycles. The number of hydrogen-bond acceptors (Lipinski definition) is 1. The van der Waals surface area contributed by atoms with Gasteiger partial charge >= 0.3 is 0 Å². The van der Waals surface area contributed by atoms with Crippen LogP contribution in [0.25, 0.3) is 133 Å². The van der Waals surface area contributed by atoms with Crippen molar-refractivity contribution in [2.24, 2.45) is 0 Å². The van der Waals surface area contributed by atoms with Crippen molar-refractivity contribution < 1.29 is 4.42 Å². The van der Waals surface area contributed by atoms with Crippen molar-refractivity contribution in [3.63, 3.8) is 0 Å². The van der Waals surface area contributed by atoms with Crippen LogP contribution in [0.15, 0.2) is 247 Å². The summed E-state index contributed by atoms with van der Waals surface area (Å²) in [6, 6.07) is 89.2. The van der Waals surface area contributed by atoms with Gasteiger partial charge in [-0.05, 0) is 164 Å². The monoisotopic (exact) mass is 890 g/mol. The molecule has 1 aliphatic carbocycles. The van der Waals surface area contributed by atoms with E-state index in [4.69, 9.17) is 4.42 Å². The Labute approximate surface area is 404 Å². The van der Waals surface area contributed by atoms with E-state index in [0.29, 0.717) is 0 Å². The minimum atomic E-state index is 0.911. The van der Waals surface area contributed by atoms with Gasteiger partial charge in [0.05, 0.1) is 22.1 Å². The normalized spacial score (nSPS) is 12.2. The SMILES string of the molecule is c1cc(-c2ccc3c(c2)-c2ccccc2C3)cc(-c2ccc3c(c2)c2ccccc2n3-c2cccc(-n3c4ccccc4c4cc(-c5cccc(-c6ccc7oc8ccccc8c7c6)c5)ccc43)c2)c1. The number of aromatic nitrogens is 2. The fraction of sp³-hybridized carbons (Fsp3) is 0.0149. The van der Waals surface area contributed by atoms with Crippen molar-refractivity contribution in [2.45, 2.75) is 6.42 Å². The van der Waals surface area contributed by atoms with E-state index in [2.05, 4.69) is 240 Å². The second-order valence-electron chi connectivity index (χ2n) is 18.9. The summed E-state index contributed by atoms with van der Waals surface area (Å²) in [6.45, 7) is 0. The molecule has 0 spiro atoms. The highest BCUT2D eigenvalue weighted by Gasteiger charge is 2.20. The molecule has 0 amide bonds. The van der Waals surface area contributed by atoms with Crippen LogP contribution in [0.3, 0.4) is 0 Å². The summed E-state index contributed by atoms with van der Waals surface area (Å²) in [4.78, 5) is 0. The maximum atomic E-state index is 6.15. The quantitative estimate of drug-likeness (QED) is 0.163. The van der Waals surface area contributed by atoms with Crippen molar-refractivity contribution in [3.05, 3.63) is 254 Å². The van der Waals surface area contributed by atoms with E-state index in [0.717, 1.165) is 39.7 Å². The van der Waals surface area contributed by atoms with Crippen LogP contribution in [0, 0.1) is 0 Å². The van der Waals surface area contributed by atoms with E-state index in [-0.39, 0.29) is 0 Å². The van der Waals surface area contributed by atoms with E-state index >= 15 is 0 Å². The van der Waals surface area contributed by atoms with Gasteiger partial charge < -0.3 is 13.6 Å². The average molecular weight is 891 g/mol. The smallest absolute Gasteiger partial charge is 0.135 e. The number of fused-ring (bicyclic) bond motifs is 12. The molecule has 0 radical (unpaired) electrons. The molecule has 3 nitrogen and oxygen atoms in total. The van der Waals surface area contributed by atoms with Gasteiger partial charge in [-0.3, -0.25) is 0 Å². The first-order chi connectivity index (χ1) is 34.7. The molecular formula is C67H42N2O. The summed E-state index contributed by atoms with van der Waals surface area (Å²) in [5.41, 5.74) is 24.0. The third-order valence-electron chi connectivity index (χ3n) is 14.9. The molecule has 0 saturated heterocycles. The largest absolute Gasteiger partial charge is 0.456 e. The summed E-state index contributed by atoms with van der Waals surface area (Å²) in [6.07, 6.45) is 1.01. The second kappa shape index (κ2) is 15.2. The van der Waals surface area contributed by atoms with Gasteiger partial charge in [0.25, 0.3) is 0 Å². The van der Waals surface area contributed by atoms with Crippen LogP contribution in [-0.4, -0.2) is 9.13 Å². The molecule has 0 aliphatic heterocycles. The minimum absolute atomic E-state index is 0.911. The van der Waals surface area contributed by atoms with Crippen molar-refractivity contribution in [1.82, 2.24) is 9.13 Å². The molecule has 70 heavy (non-hydrogen) atoms. The summed E-state index contributed by atoms with van der Waals surface area (Å²) in [5.74, 6) is 0. The Morgan fingerprint density at radius 1 is 0.257 bits per heavy atom. The van der Waals surface area contributed by atoms with E-state index < -0.39 is 0 Å². The Hall–Kier alpha value is -9.18. The number of furan rings is 1. The maximum absolute atomic E-state index is 6.15. The topological polar surface area (TPSA) is 23.0 Å². The molecule has 14 aromatic rings. The zero-order valence-corrected chi connectivity index (χ0v) is 38.1. The Balaban J connectivity index is 0.801. The van der Waals surface area contributed by atoms with E-state index in [1.807, 2.05) is 12.1 Å². The fourth-order valence-electron chi connectivity index (χ4n) is 11.6. The zero-order chi connectivity index (χ0) is 45.9. The predicted octanol–water partition coefficient (Wildman–Crippen LogP) is 18.0. The third-order valence-corrected chi connectivity index (χ3v) is 14.9. The highest BCUT2D eigenvalue weighted by atomic mass is 16.3. The van der Waals surface area contributed by atoms with Crippen LogP contribution in [0.5, 0.6) is 0 Å². The van der Waals surface area contributed by atoms with Gasteiger partial charge in [0.15, 0.2) is 0 Å². The molecule has 3 heteroatoms. The summed E-state index contributed by atoms with van der Waals surface area (Å²) < 4.78 is 11.0. The molecular weight excluding hydrogens is 849 g/mol. The highest BCUT2D eigenvalue weighted by molar-refractivity contribution is 6.12. The van der Waals surface area contributed by atoms with E-state index in [1.54, 1.807) is 0 Å². The van der Waals surface area contributed by atoms with Gasteiger partial charge in [-0.15, -0.1) is 0 Å². The molecule has 326 valence electrons. The molecule has 0 N–H and O–H groups in total. The van der Waals surface area contributed by atoms with Gasteiger partial charge in [-0.25, -0.2) is 0 Å². The molecule has 0 saturated carbocycles. The molecule has 0 unspecified atom stereocenters. The van der Waals surface area contributed by atoms with Gasteiger partial charge in [-0.1, -0.05) is 152 Å². The number of benzene rings is 11. The van der Waals surface area contributed by atoms with Crippen LogP contribution < -0.4 is 0 Å². The lowest BCUT2D eigenvalue weighted by atomic mass is 9.95. The first-order valence-corrected chi connectivity index (χ1v) is 24.2. The van der Waals surface area contributed by atoms with Crippen molar-refractivity contribution >= 4 is 65.6 Å². The van der Waals surface area contributed by atoms with Crippen LogP contribution in [0.4, 0.5) is 0 Å². The Morgan fingerprint density at radius 3 is 1.34 bits per heavy atom. The maximum Gasteiger partial charge on any atom is 0.135 e. The lowest BCUT2D eigenvalue weighted by Gasteiger charge is -2.13. The first-order valence-electron chi connectivity index (χ1n) is 24.2. The van der Waals surface area contributed by atoms with Crippen molar-refractivity contribution in [1.29, 1.82) is 0 Å². The minimum Gasteiger partial charge on any atom is -0.456 e. The predicted molar refractivity (Wildman–Crippen MR) is 292 cm³/mol. The van der Waals surface area contributed by atoms with Crippen LogP contribution in [0.1, 0.15) is 11.1 Å². The Morgan fingerprint density at radius 2 is 0.700 bits per heavy atom. The van der Waals surface area contributed by atoms with Crippen molar-refractivity contribution in [3.8, 4) is 67.0 Å². The summed E-state index contributed by atoms with van der Waals surface area (Å²) >= 11 is 0. The van der Waals surface area contributed by atoms with E-state index in [9.17, 15) is 0 Å². The molecule has 15 rings (SSSR count). The zero-order valence-electron chi connectivity index (χ0n) is 38.1. The molecule has 1 aliphatic rings. The Bertz CT molecular complexity index is 4460. The van der Waals surface area contributed by atoms with Crippen LogP contribution in [-0.2, 0) is 6.42 Å². The van der Waals surface area contributed by atoms with Gasteiger partial charge in [0.2, 0.25) is 0 Å². The van der Waals surface area contributed by atoms with Gasteiger partial charge in [-0.2, -0.15) is 0 Å². The number of hydrogen-bond donors (Lipinski definition) is 0. The number of para-hydroxylation sites is 3. The first kappa shape index (κ1) is 38.9. The van der Waals surface area contributed by atoms with Crippen LogP contribution >= 0.6 is 0 Å². The molecule has 0 fully saturated rings. The third kappa shape index (κ3) is 6.01. The number of rotatable bonds is 6. The van der Waals surface area contributed by atoms with Crippen molar-refractivity contribution in [2.75, 3.05) is 0 Å². The van der Waals surface area contributed by atoms with E-state index in [1.165, 1.54) is 110 Å². The average Bonchev–Trinajstić information content (AvgIpc) is 4.18. The fourth-order valence-corrected chi connectivity index (χ4v) is 11.6. The lowest BCUT2D eigenvalue weighted by molar-refractivity contribution is 0.669. The van der Waals surface area contributed by atoms with Gasteiger partial charge in [0.1, 0.15) is 11.2 Å². The second-order valence-corrected chi connectivity index (χ2v) is 18.9. The van der Waals surface area contributed by atoms with Crippen LogP contribution in [0.2, 0.25) is 0 Å². The summed E-state index contributed by atoms with van der Waals surface area (Å²) in [7, 11) is 0. The number of nitrogens with zero attached hydrogens (tertiary/aromatic N) is 2. The molecule has 11 aromatic carbocycles. The van der Waals surface area contributed by atoms with Gasteiger partial charge in [0, 0.05) is 43.7 Å². The summed E-state index contributed by atoms with van der Waals surface area (Å²) in [5, 5.41) is 7.21.